The van der Waals surface area contributed by atoms with Crippen molar-refractivity contribution in [3.8, 4) is 11.4 Å². The highest BCUT2D eigenvalue weighted by Crippen LogP contribution is 2.31. The third-order valence-corrected chi connectivity index (χ3v) is 4.97. The highest BCUT2D eigenvalue weighted by molar-refractivity contribution is 6.33. The SMILES string of the molecule is Clc1ccccc1-c1ncnn1CN1CCO[C@@H]2CCC[C@H]21. The molecule has 2 atom stereocenters. The number of ether oxygens (including phenoxy) is 1. The fraction of sp³-hybridized carbons (Fsp3) is 0.500. The number of aromatic nitrogens is 3. The molecule has 6 heteroatoms. The summed E-state index contributed by atoms with van der Waals surface area (Å²) in [6.07, 6.45) is 5.63. The Bertz CT molecular complexity index is 659. The van der Waals surface area contributed by atoms with E-state index < -0.39 is 0 Å². The minimum atomic E-state index is 0.390. The van der Waals surface area contributed by atoms with Crippen LogP contribution in [0.3, 0.4) is 0 Å². The lowest BCUT2D eigenvalue weighted by atomic mass is 10.1. The van der Waals surface area contributed by atoms with Crippen molar-refractivity contribution in [3.05, 3.63) is 35.6 Å². The van der Waals surface area contributed by atoms with Gasteiger partial charge in [0.25, 0.3) is 0 Å². The van der Waals surface area contributed by atoms with Crippen LogP contribution in [-0.4, -0.2) is 45.0 Å². The summed E-state index contributed by atoms with van der Waals surface area (Å²) in [6, 6.07) is 8.29. The monoisotopic (exact) mass is 318 g/mol. The largest absolute Gasteiger partial charge is 0.375 e. The lowest BCUT2D eigenvalue weighted by molar-refractivity contribution is -0.0679. The molecule has 0 N–H and O–H groups in total. The zero-order valence-electron chi connectivity index (χ0n) is 12.4. The summed E-state index contributed by atoms with van der Waals surface area (Å²) in [6.45, 7) is 2.49. The molecule has 0 spiro atoms. The van der Waals surface area contributed by atoms with Crippen LogP contribution >= 0.6 is 11.6 Å². The molecule has 1 saturated carbocycles. The topological polar surface area (TPSA) is 43.2 Å². The van der Waals surface area contributed by atoms with Crippen molar-refractivity contribution in [2.75, 3.05) is 13.2 Å². The third kappa shape index (κ3) is 2.53. The van der Waals surface area contributed by atoms with Crippen LogP contribution in [-0.2, 0) is 11.4 Å². The number of nitrogens with zero attached hydrogens (tertiary/aromatic N) is 4. The van der Waals surface area contributed by atoms with Crippen LogP contribution in [0.2, 0.25) is 5.02 Å². The molecule has 1 aliphatic heterocycles. The van der Waals surface area contributed by atoms with Crippen LogP contribution in [0.4, 0.5) is 0 Å². The van der Waals surface area contributed by atoms with Gasteiger partial charge in [-0.3, -0.25) is 4.90 Å². The molecule has 2 heterocycles. The molecular formula is C16H19ClN4O. The van der Waals surface area contributed by atoms with Gasteiger partial charge >= 0.3 is 0 Å². The molecule has 2 aromatic rings. The first kappa shape index (κ1) is 14.2. The van der Waals surface area contributed by atoms with Crippen molar-refractivity contribution in [1.82, 2.24) is 19.7 Å². The predicted molar refractivity (Wildman–Crippen MR) is 84.6 cm³/mol. The van der Waals surface area contributed by atoms with E-state index in [1.54, 1.807) is 6.33 Å². The second-order valence-corrected chi connectivity index (χ2v) is 6.33. The van der Waals surface area contributed by atoms with Gasteiger partial charge in [0.2, 0.25) is 0 Å². The lowest BCUT2D eigenvalue weighted by Crippen LogP contribution is -2.49. The zero-order valence-corrected chi connectivity index (χ0v) is 13.1. The van der Waals surface area contributed by atoms with E-state index in [2.05, 4.69) is 15.0 Å². The van der Waals surface area contributed by atoms with Crippen LogP contribution in [0.15, 0.2) is 30.6 Å². The van der Waals surface area contributed by atoms with Gasteiger partial charge in [-0.15, -0.1) is 0 Å². The second-order valence-electron chi connectivity index (χ2n) is 5.92. The molecule has 1 aromatic carbocycles. The highest BCUT2D eigenvalue weighted by atomic mass is 35.5. The number of morpholine rings is 1. The minimum Gasteiger partial charge on any atom is -0.375 e. The first-order valence-corrected chi connectivity index (χ1v) is 8.19. The second kappa shape index (κ2) is 5.99. The smallest absolute Gasteiger partial charge is 0.160 e. The molecule has 2 fully saturated rings. The number of hydrogen-bond acceptors (Lipinski definition) is 4. The number of benzene rings is 1. The fourth-order valence-electron chi connectivity index (χ4n) is 3.57. The normalized spacial score (nSPS) is 25.3. The Balaban J connectivity index is 1.59. The Morgan fingerprint density at radius 3 is 3.09 bits per heavy atom. The molecule has 5 nitrogen and oxygen atoms in total. The summed E-state index contributed by atoms with van der Waals surface area (Å²) in [5, 5.41) is 5.11. The Hall–Kier alpha value is -1.43. The summed E-state index contributed by atoms with van der Waals surface area (Å²) in [7, 11) is 0. The molecule has 0 bridgehead atoms. The van der Waals surface area contributed by atoms with Crippen molar-refractivity contribution in [3.63, 3.8) is 0 Å². The number of fused-ring (bicyclic) bond motifs is 1. The van der Waals surface area contributed by atoms with Gasteiger partial charge in [0.05, 0.1) is 24.4 Å². The summed E-state index contributed by atoms with van der Waals surface area (Å²) >= 11 is 6.30. The van der Waals surface area contributed by atoms with Gasteiger partial charge in [-0.2, -0.15) is 5.10 Å². The minimum absolute atomic E-state index is 0.390. The number of rotatable bonds is 3. The van der Waals surface area contributed by atoms with E-state index in [0.717, 1.165) is 31.2 Å². The molecule has 0 unspecified atom stereocenters. The van der Waals surface area contributed by atoms with Crippen molar-refractivity contribution in [2.24, 2.45) is 0 Å². The molecule has 1 saturated heterocycles. The van der Waals surface area contributed by atoms with E-state index >= 15 is 0 Å². The highest BCUT2D eigenvalue weighted by Gasteiger charge is 2.36. The van der Waals surface area contributed by atoms with Crippen LogP contribution < -0.4 is 0 Å². The van der Waals surface area contributed by atoms with Crippen LogP contribution in [0, 0.1) is 0 Å². The maximum Gasteiger partial charge on any atom is 0.160 e. The van der Waals surface area contributed by atoms with Crippen molar-refractivity contribution in [1.29, 1.82) is 0 Å². The third-order valence-electron chi connectivity index (χ3n) is 4.64. The molecular weight excluding hydrogens is 300 g/mol. The summed E-state index contributed by atoms with van der Waals surface area (Å²) in [4.78, 5) is 6.88. The molecule has 0 radical (unpaired) electrons. The van der Waals surface area contributed by atoms with Crippen LogP contribution in [0.5, 0.6) is 0 Å². The summed E-state index contributed by atoms with van der Waals surface area (Å²) < 4.78 is 7.82. The molecule has 4 rings (SSSR count). The van der Waals surface area contributed by atoms with Crippen LogP contribution in [0.1, 0.15) is 19.3 Å². The molecule has 1 aliphatic carbocycles. The molecule has 0 amide bonds. The average molecular weight is 319 g/mol. The van der Waals surface area contributed by atoms with Gasteiger partial charge in [-0.1, -0.05) is 23.7 Å². The van der Waals surface area contributed by atoms with E-state index in [0.29, 0.717) is 17.2 Å². The van der Waals surface area contributed by atoms with E-state index in [1.807, 2.05) is 28.9 Å². The van der Waals surface area contributed by atoms with Gasteiger partial charge in [-0.25, -0.2) is 9.67 Å². The summed E-state index contributed by atoms with van der Waals surface area (Å²) in [5.41, 5.74) is 0.929. The van der Waals surface area contributed by atoms with Gasteiger partial charge in [0.15, 0.2) is 5.82 Å². The fourth-order valence-corrected chi connectivity index (χ4v) is 3.79. The molecule has 22 heavy (non-hydrogen) atoms. The van der Waals surface area contributed by atoms with E-state index in [-0.39, 0.29) is 0 Å². The van der Waals surface area contributed by atoms with Gasteiger partial charge in [0.1, 0.15) is 6.33 Å². The standard InChI is InChI=1S/C16H19ClN4O/c17-13-5-2-1-4-12(13)16-18-10-19-21(16)11-20-8-9-22-15-7-3-6-14(15)20/h1-2,4-5,10,14-15H,3,6-9,11H2/t14-,15-/m1/s1. The zero-order chi connectivity index (χ0) is 14.9. The molecule has 2 aliphatic rings. The molecule has 1 aromatic heterocycles. The Labute approximate surface area is 134 Å². The maximum absolute atomic E-state index is 6.30. The van der Waals surface area contributed by atoms with E-state index in [1.165, 1.54) is 19.3 Å². The van der Waals surface area contributed by atoms with Crippen molar-refractivity contribution in [2.45, 2.75) is 38.1 Å². The first-order chi connectivity index (χ1) is 10.8. The van der Waals surface area contributed by atoms with E-state index in [9.17, 15) is 0 Å². The van der Waals surface area contributed by atoms with Gasteiger partial charge < -0.3 is 4.74 Å². The first-order valence-electron chi connectivity index (χ1n) is 7.81. The maximum atomic E-state index is 6.30. The van der Waals surface area contributed by atoms with Crippen LogP contribution in [0.25, 0.3) is 11.4 Å². The van der Waals surface area contributed by atoms with Crippen molar-refractivity contribution < 1.29 is 4.74 Å². The van der Waals surface area contributed by atoms with E-state index in [4.69, 9.17) is 16.3 Å². The quantitative estimate of drug-likeness (QED) is 0.873. The predicted octanol–water partition coefficient (Wildman–Crippen LogP) is 2.81. The number of halogens is 1. The summed E-state index contributed by atoms with van der Waals surface area (Å²) in [5.74, 6) is 0.826. The van der Waals surface area contributed by atoms with Gasteiger partial charge in [0, 0.05) is 18.2 Å². The Morgan fingerprint density at radius 1 is 1.27 bits per heavy atom. The average Bonchev–Trinajstić information content (AvgIpc) is 3.17. The number of hydrogen-bond donors (Lipinski definition) is 0. The lowest BCUT2D eigenvalue weighted by Gasteiger charge is -2.37. The Morgan fingerprint density at radius 2 is 2.18 bits per heavy atom. The van der Waals surface area contributed by atoms with Crippen molar-refractivity contribution >= 4 is 11.6 Å². The molecule has 116 valence electrons. The Kier molecular flexibility index (Phi) is 3.86. The van der Waals surface area contributed by atoms with Gasteiger partial charge in [-0.05, 0) is 31.4 Å².